The Hall–Kier alpha value is -0.590. The van der Waals surface area contributed by atoms with Crippen molar-refractivity contribution in [3.8, 4) is 0 Å². The van der Waals surface area contributed by atoms with Crippen molar-refractivity contribution < 1.29 is 12.8 Å². The quantitative estimate of drug-likeness (QED) is 0.781. The van der Waals surface area contributed by atoms with E-state index in [1.807, 2.05) is 13.0 Å². The number of hydrogen-bond acceptors (Lipinski definition) is 4. The van der Waals surface area contributed by atoms with E-state index in [1.54, 1.807) is 6.07 Å². The molecule has 0 saturated carbocycles. The summed E-state index contributed by atoms with van der Waals surface area (Å²) in [6, 6.07) is 4.89. The van der Waals surface area contributed by atoms with Gasteiger partial charge in [-0.15, -0.1) is 11.8 Å². The minimum Gasteiger partial charge on any atom is -0.313 e. The van der Waals surface area contributed by atoms with E-state index in [0.717, 1.165) is 11.4 Å². The van der Waals surface area contributed by atoms with Crippen molar-refractivity contribution in [3.63, 3.8) is 0 Å². The van der Waals surface area contributed by atoms with Gasteiger partial charge in [0.05, 0.1) is 5.75 Å². The summed E-state index contributed by atoms with van der Waals surface area (Å²) in [6.45, 7) is 3.18. The van der Waals surface area contributed by atoms with Crippen molar-refractivity contribution >= 4 is 21.6 Å². The highest BCUT2D eigenvalue weighted by atomic mass is 32.2. The molecule has 0 unspecified atom stereocenters. The van der Waals surface area contributed by atoms with E-state index in [9.17, 15) is 12.8 Å². The first-order valence-corrected chi connectivity index (χ1v) is 8.77. The second-order valence-electron chi connectivity index (χ2n) is 3.98. The third-order valence-corrected chi connectivity index (χ3v) is 4.65. The van der Waals surface area contributed by atoms with Crippen molar-refractivity contribution in [3.05, 3.63) is 29.6 Å². The first-order chi connectivity index (χ1) is 8.44. The molecule has 0 atom stereocenters. The van der Waals surface area contributed by atoms with E-state index in [4.69, 9.17) is 0 Å². The molecule has 0 aromatic heterocycles. The van der Waals surface area contributed by atoms with Gasteiger partial charge in [0.15, 0.2) is 0 Å². The van der Waals surface area contributed by atoms with Gasteiger partial charge < -0.3 is 5.32 Å². The third-order valence-electron chi connectivity index (χ3n) is 2.34. The van der Waals surface area contributed by atoms with Gasteiger partial charge in [0, 0.05) is 29.0 Å². The zero-order chi connectivity index (χ0) is 13.6. The van der Waals surface area contributed by atoms with Gasteiger partial charge in [0.2, 0.25) is 0 Å². The first kappa shape index (κ1) is 15.5. The molecule has 0 bridgehead atoms. The Balaban J connectivity index is 2.72. The average molecular weight is 291 g/mol. The Morgan fingerprint density at radius 3 is 2.72 bits per heavy atom. The zero-order valence-electron chi connectivity index (χ0n) is 10.6. The largest absolute Gasteiger partial charge is 0.313 e. The fraction of sp³-hybridized carbons (Fsp3) is 0.500. The van der Waals surface area contributed by atoms with Gasteiger partial charge in [-0.1, -0.05) is 13.0 Å². The molecule has 0 aliphatic heterocycles. The summed E-state index contributed by atoms with van der Waals surface area (Å²) in [5.41, 5.74) is 0.609. The monoisotopic (exact) mass is 291 g/mol. The van der Waals surface area contributed by atoms with Crippen LogP contribution in [0.15, 0.2) is 23.1 Å². The van der Waals surface area contributed by atoms with Crippen molar-refractivity contribution in [1.29, 1.82) is 0 Å². The van der Waals surface area contributed by atoms with Gasteiger partial charge in [-0.25, -0.2) is 12.8 Å². The van der Waals surface area contributed by atoms with Crippen molar-refractivity contribution in [1.82, 2.24) is 5.32 Å². The second kappa shape index (κ2) is 7.11. The van der Waals surface area contributed by atoms with Gasteiger partial charge in [-0.2, -0.15) is 0 Å². The van der Waals surface area contributed by atoms with Gasteiger partial charge in [-0.3, -0.25) is 0 Å². The molecule has 102 valence electrons. The fourth-order valence-corrected chi connectivity index (χ4v) is 3.68. The molecule has 6 heteroatoms. The summed E-state index contributed by atoms with van der Waals surface area (Å²) >= 11 is 1.38. The lowest BCUT2D eigenvalue weighted by atomic mass is 10.2. The number of nitrogens with one attached hydrogen (secondary N) is 1. The molecule has 1 aromatic rings. The molecular weight excluding hydrogens is 273 g/mol. The van der Waals surface area contributed by atoms with Crippen LogP contribution in [-0.2, 0) is 16.4 Å². The molecule has 0 amide bonds. The lowest BCUT2D eigenvalue weighted by molar-refractivity contribution is 0.586. The molecule has 0 fully saturated rings. The molecule has 1 aromatic carbocycles. The van der Waals surface area contributed by atoms with E-state index >= 15 is 0 Å². The number of halogens is 1. The maximum absolute atomic E-state index is 13.7. The van der Waals surface area contributed by atoms with Gasteiger partial charge in [0.1, 0.15) is 15.7 Å². The average Bonchev–Trinajstić information content (AvgIpc) is 2.26. The van der Waals surface area contributed by atoms with Gasteiger partial charge >= 0.3 is 0 Å². The minimum atomic E-state index is -2.96. The van der Waals surface area contributed by atoms with Crippen LogP contribution in [0, 0.1) is 5.82 Å². The molecule has 18 heavy (non-hydrogen) atoms. The summed E-state index contributed by atoms with van der Waals surface area (Å²) in [5, 5.41) is 3.08. The van der Waals surface area contributed by atoms with Crippen LogP contribution in [-0.4, -0.2) is 32.7 Å². The highest BCUT2D eigenvalue weighted by Crippen LogP contribution is 2.25. The van der Waals surface area contributed by atoms with E-state index in [0.29, 0.717) is 17.9 Å². The molecule has 1 N–H and O–H groups in total. The molecule has 1 rings (SSSR count). The fourth-order valence-electron chi connectivity index (χ4n) is 1.40. The third kappa shape index (κ3) is 5.37. The SMILES string of the molecule is CCNCc1c(F)cccc1SCCS(C)(=O)=O. The Bertz CT molecular complexity index is 489. The lowest BCUT2D eigenvalue weighted by Crippen LogP contribution is -2.14. The number of hydrogen-bond donors (Lipinski definition) is 1. The second-order valence-corrected chi connectivity index (χ2v) is 7.37. The summed E-state index contributed by atoms with van der Waals surface area (Å²) in [5.74, 6) is 0.302. The van der Waals surface area contributed by atoms with Crippen LogP contribution in [0.25, 0.3) is 0 Å². The summed E-state index contributed by atoms with van der Waals surface area (Å²) in [7, 11) is -2.96. The van der Waals surface area contributed by atoms with E-state index in [2.05, 4.69) is 5.32 Å². The van der Waals surface area contributed by atoms with E-state index < -0.39 is 9.84 Å². The molecule has 0 radical (unpaired) electrons. The normalized spacial score (nSPS) is 11.7. The summed E-state index contributed by atoms with van der Waals surface area (Å²) in [6.07, 6.45) is 1.21. The zero-order valence-corrected chi connectivity index (χ0v) is 12.2. The Kier molecular flexibility index (Phi) is 6.11. The molecule has 0 heterocycles. The van der Waals surface area contributed by atoms with E-state index in [-0.39, 0.29) is 11.6 Å². The summed E-state index contributed by atoms with van der Waals surface area (Å²) < 4.78 is 35.8. The van der Waals surface area contributed by atoms with Crippen LogP contribution in [0.4, 0.5) is 4.39 Å². The molecule has 0 spiro atoms. The smallest absolute Gasteiger partial charge is 0.148 e. The van der Waals surface area contributed by atoms with Crippen LogP contribution in [0.1, 0.15) is 12.5 Å². The predicted molar refractivity (Wildman–Crippen MR) is 74.2 cm³/mol. The van der Waals surface area contributed by atoms with Crippen molar-refractivity contribution in [2.45, 2.75) is 18.4 Å². The number of rotatable bonds is 7. The molecule has 3 nitrogen and oxygen atoms in total. The molecule has 0 aliphatic rings. The van der Waals surface area contributed by atoms with Crippen LogP contribution in [0.2, 0.25) is 0 Å². The van der Waals surface area contributed by atoms with Crippen LogP contribution < -0.4 is 5.32 Å². The first-order valence-electron chi connectivity index (χ1n) is 5.72. The van der Waals surface area contributed by atoms with Gasteiger partial charge in [-0.05, 0) is 18.7 Å². The Morgan fingerprint density at radius 2 is 2.11 bits per heavy atom. The lowest BCUT2D eigenvalue weighted by Gasteiger charge is -2.10. The molecule has 0 aliphatic carbocycles. The molecule has 0 saturated heterocycles. The van der Waals surface area contributed by atoms with Crippen molar-refractivity contribution in [2.24, 2.45) is 0 Å². The van der Waals surface area contributed by atoms with Gasteiger partial charge in [0.25, 0.3) is 0 Å². The van der Waals surface area contributed by atoms with Crippen LogP contribution >= 0.6 is 11.8 Å². The summed E-state index contributed by atoms with van der Waals surface area (Å²) in [4.78, 5) is 0.805. The van der Waals surface area contributed by atoms with Crippen molar-refractivity contribution in [2.75, 3.05) is 24.3 Å². The standard InChI is InChI=1S/C12H18FNO2S2/c1-3-14-9-10-11(13)5-4-6-12(10)17-7-8-18(2,15)16/h4-6,14H,3,7-9H2,1-2H3. The minimum absolute atomic E-state index is 0.106. The Morgan fingerprint density at radius 1 is 1.39 bits per heavy atom. The topological polar surface area (TPSA) is 46.2 Å². The Labute approximate surface area is 112 Å². The highest BCUT2D eigenvalue weighted by molar-refractivity contribution is 8.00. The number of benzene rings is 1. The number of thioether (sulfide) groups is 1. The maximum atomic E-state index is 13.7. The van der Waals surface area contributed by atoms with E-state index in [1.165, 1.54) is 24.1 Å². The van der Waals surface area contributed by atoms with Crippen LogP contribution in [0.5, 0.6) is 0 Å². The predicted octanol–water partition coefficient (Wildman–Crippen LogP) is 2.07. The van der Waals surface area contributed by atoms with Crippen LogP contribution in [0.3, 0.4) is 0 Å². The maximum Gasteiger partial charge on any atom is 0.148 e. The number of sulfone groups is 1. The highest BCUT2D eigenvalue weighted by Gasteiger charge is 2.09. The molecular formula is C12H18FNO2S2.